The molecule has 112 valence electrons. The van der Waals surface area contributed by atoms with E-state index in [2.05, 4.69) is 31.0 Å². The topological polar surface area (TPSA) is 49.4 Å². The van der Waals surface area contributed by atoms with Gasteiger partial charge in [-0.2, -0.15) is 0 Å². The molecule has 0 aromatic carbocycles. The quantitative estimate of drug-likeness (QED) is 0.824. The Labute approximate surface area is 117 Å². The van der Waals surface area contributed by atoms with Crippen molar-refractivity contribution in [2.24, 2.45) is 11.8 Å². The van der Waals surface area contributed by atoms with Gasteiger partial charge in [0.25, 0.3) is 0 Å². The highest BCUT2D eigenvalue weighted by molar-refractivity contribution is 7.91. The molecule has 2 rings (SSSR count). The summed E-state index contributed by atoms with van der Waals surface area (Å²) in [4.78, 5) is 2.42. The van der Waals surface area contributed by atoms with E-state index in [4.69, 9.17) is 0 Å². The highest BCUT2D eigenvalue weighted by Gasteiger charge is 2.44. The molecular formula is C14H28N2O2S. The lowest BCUT2D eigenvalue weighted by atomic mass is 10.00. The molecule has 2 heterocycles. The molecule has 1 N–H and O–H groups in total. The average molecular weight is 288 g/mol. The SMILES string of the molecule is CC(C)CNCC1CCN(C2(C)CCS(=O)(=O)C2)C1. The molecule has 0 aliphatic carbocycles. The van der Waals surface area contributed by atoms with Gasteiger partial charge in [0.2, 0.25) is 0 Å². The molecule has 2 aliphatic heterocycles. The third-order valence-electron chi connectivity index (χ3n) is 4.52. The van der Waals surface area contributed by atoms with Gasteiger partial charge in [-0.1, -0.05) is 13.8 Å². The van der Waals surface area contributed by atoms with Gasteiger partial charge in [0.15, 0.2) is 9.84 Å². The molecule has 0 bridgehead atoms. The van der Waals surface area contributed by atoms with Gasteiger partial charge in [-0.3, -0.25) is 4.90 Å². The fourth-order valence-electron chi connectivity index (χ4n) is 3.31. The van der Waals surface area contributed by atoms with Crippen LogP contribution in [0, 0.1) is 11.8 Å². The molecule has 5 heteroatoms. The average Bonchev–Trinajstić information content (AvgIpc) is 2.84. The van der Waals surface area contributed by atoms with E-state index < -0.39 is 9.84 Å². The second kappa shape index (κ2) is 5.70. The van der Waals surface area contributed by atoms with Gasteiger partial charge in [0, 0.05) is 12.1 Å². The zero-order valence-corrected chi connectivity index (χ0v) is 13.3. The summed E-state index contributed by atoms with van der Waals surface area (Å²) < 4.78 is 23.4. The number of hydrogen-bond donors (Lipinski definition) is 1. The minimum Gasteiger partial charge on any atom is -0.316 e. The van der Waals surface area contributed by atoms with Crippen LogP contribution < -0.4 is 5.32 Å². The van der Waals surface area contributed by atoms with E-state index in [1.54, 1.807) is 0 Å². The van der Waals surface area contributed by atoms with Crippen LogP contribution in [-0.4, -0.2) is 56.5 Å². The van der Waals surface area contributed by atoms with Crippen LogP contribution in [0.3, 0.4) is 0 Å². The van der Waals surface area contributed by atoms with E-state index in [-0.39, 0.29) is 5.54 Å². The Kier molecular flexibility index (Phi) is 4.58. The molecule has 4 nitrogen and oxygen atoms in total. The van der Waals surface area contributed by atoms with E-state index in [9.17, 15) is 8.42 Å². The number of nitrogens with one attached hydrogen (secondary N) is 1. The first kappa shape index (κ1) is 15.3. The van der Waals surface area contributed by atoms with Gasteiger partial charge in [0.05, 0.1) is 11.5 Å². The second-order valence-corrected chi connectivity index (χ2v) is 9.18. The van der Waals surface area contributed by atoms with E-state index in [1.165, 1.54) is 6.42 Å². The van der Waals surface area contributed by atoms with Gasteiger partial charge < -0.3 is 5.32 Å². The summed E-state index contributed by atoms with van der Waals surface area (Å²) in [6.07, 6.45) is 2.00. The second-order valence-electron chi connectivity index (χ2n) is 6.99. The number of hydrogen-bond acceptors (Lipinski definition) is 4. The van der Waals surface area contributed by atoms with Crippen molar-refractivity contribution in [3.63, 3.8) is 0 Å². The summed E-state index contributed by atoms with van der Waals surface area (Å²) in [6, 6.07) is 0. The van der Waals surface area contributed by atoms with Crippen molar-refractivity contribution in [2.75, 3.05) is 37.7 Å². The normalized spacial score (nSPS) is 35.3. The molecule has 19 heavy (non-hydrogen) atoms. The molecule has 0 amide bonds. The first-order valence-electron chi connectivity index (χ1n) is 7.47. The van der Waals surface area contributed by atoms with Crippen LogP contribution >= 0.6 is 0 Å². The van der Waals surface area contributed by atoms with Crippen molar-refractivity contribution in [2.45, 2.75) is 39.2 Å². The zero-order valence-electron chi connectivity index (χ0n) is 12.5. The fraction of sp³-hybridized carbons (Fsp3) is 1.00. The van der Waals surface area contributed by atoms with Gasteiger partial charge in [-0.15, -0.1) is 0 Å². The summed E-state index contributed by atoms with van der Waals surface area (Å²) in [5, 5.41) is 3.52. The van der Waals surface area contributed by atoms with Crippen molar-refractivity contribution in [1.29, 1.82) is 0 Å². The minimum absolute atomic E-state index is 0.106. The molecule has 0 saturated carbocycles. The van der Waals surface area contributed by atoms with E-state index >= 15 is 0 Å². The van der Waals surface area contributed by atoms with Crippen LogP contribution in [0.1, 0.15) is 33.6 Å². The predicted octanol–water partition coefficient (Wildman–Crippen LogP) is 1.13. The Balaban J connectivity index is 1.82. The summed E-state index contributed by atoms with van der Waals surface area (Å²) in [6.45, 7) is 10.8. The van der Waals surface area contributed by atoms with Crippen LogP contribution in [0.15, 0.2) is 0 Å². The standard InChI is InChI=1S/C14H28N2O2S/c1-12(2)8-15-9-13-4-6-16(10-13)14(3)5-7-19(17,18)11-14/h12-13,15H,4-11H2,1-3H3. The van der Waals surface area contributed by atoms with Crippen LogP contribution in [-0.2, 0) is 9.84 Å². The van der Waals surface area contributed by atoms with Crippen LogP contribution in [0.4, 0.5) is 0 Å². The molecule has 2 atom stereocenters. The summed E-state index contributed by atoms with van der Waals surface area (Å²) in [5.74, 6) is 2.09. The Morgan fingerprint density at radius 2 is 2.16 bits per heavy atom. The van der Waals surface area contributed by atoms with Gasteiger partial charge in [0.1, 0.15) is 0 Å². The van der Waals surface area contributed by atoms with E-state index in [1.807, 2.05) is 0 Å². The molecule has 0 radical (unpaired) electrons. The van der Waals surface area contributed by atoms with Crippen LogP contribution in [0.25, 0.3) is 0 Å². The third kappa shape index (κ3) is 3.92. The maximum atomic E-state index is 11.7. The molecule has 2 unspecified atom stereocenters. The fourth-order valence-corrected chi connectivity index (χ4v) is 5.48. The smallest absolute Gasteiger partial charge is 0.152 e. The maximum Gasteiger partial charge on any atom is 0.152 e. The molecule has 2 fully saturated rings. The minimum atomic E-state index is -2.79. The Hall–Kier alpha value is -0.130. The lowest BCUT2D eigenvalue weighted by Crippen LogP contribution is -2.46. The Bertz CT molecular complexity index is 408. The van der Waals surface area contributed by atoms with Gasteiger partial charge in [-0.05, 0) is 51.2 Å². The predicted molar refractivity (Wildman–Crippen MR) is 79.1 cm³/mol. The first-order chi connectivity index (χ1) is 8.81. The lowest BCUT2D eigenvalue weighted by Gasteiger charge is -2.34. The van der Waals surface area contributed by atoms with Crippen molar-refractivity contribution < 1.29 is 8.42 Å². The number of rotatable bonds is 5. The molecule has 0 spiro atoms. The maximum absolute atomic E-state index is 11.7. The largest absolute Gasteiger partial charge is 0.316 e. The van der Waals surface area contributed by atoms with Crippen LogP contribution in [0.2, 0.25) is 0 Å². The zero-order chi connectivity index (χ0) is 14.1. The van der Waals surface area contributed by atoms with Gasteiger partial charge in [-0.25, -0.2) is 8.42 Å². The summed E-state index contributed by atoms with van der Waals surface area (Å²) in [7, 11) is -2.79. The summed E-state index contributed by atoms with van der Waals surface area (Å²) in [5.41, 5.74) is -0.106. The number of likely N-dealkylation sites (tertiary alicyclic amines) is 1. The third-order valence-corrected chi connectivity index (χ3v) is 6.41. The summed E-state index contributed by atoms with van der Waals surface area (Å²) >= 11 is 0. The van der Waals surface area contributed by atoms with E-state index in [0.717, 1.165) is 32.6 Å². The first-order valence-corrected chi connectivity index (χ1v) is 9.29. The molecule has 0 aromatic rings. The highest BCUT2D eigenvalue weighted by atomic mass is 32.2. The molecule has 2 aliphatic rings. The number of sulfone groups is 1. The van der Waals surface area contributed by atoms with E-state index in [0.29, 0.717) is 23.3 Å². The highest BCUT2D eigenvalue weighted by Crippen LogP contribution is 2.33. The molecule has 0 aromatic heterocycles. The van der Waals surface area contributed by atoms with Crippen LogP contribution in [0.5, 0.6) is 0 Å². The molecular weight excluding hydrogens is 260 g/mol. The van der Waals surface area contributed by atoms with Crippen molar-refractivity contribution >= 4 is 9.84 Å². The monoisotopic (exact) mass is 288 g/mol. The lowest BCUT2D eigenvalue weighted by molar-refractivity contribution is 0.155. The van der Waals surface area contributed by atoms with Crippen molar-refractivity contribution in [3.8, 4) is 0 Å². The number of nitrogens with zero attached hydrogens (tertiary/aromatic N) is 1. The van der Waals surface area contributed by atoms with Gasteiger partial charge >= 0.3 is 0 Å². The van der Waals surface area contributed by atoms with Crippen molar-refractivity contribution in [3.05, 3.63) is 0 Å². The Morgan fingerprint density at radius 3 is 2.74 bits per heavy atom. The Morgan fingerprint density at radius 1 is 1.42 bits per heavy atom. The van der Waals surface area contributed by atoms with Crippen molar-refractivity contribution in [1.82, 2.24) is 10.2 Å². The molecule has 2 saturated heterocycles.